The molecule has 0 heterocycles. The molecule has 1 unspecified atom stereocenters. The molecule has 0 aromatic heterocycles. The summed E-state index contributed by atoms with van der Waals surface area (Å²) >= 11 is 5.79. The molecule has 0 bridgehead atoms. The second kappa shape index (κ2) is 6.02. The van der Waals surface area contributed by atoms with Gasteiger partial charge in [-0.1, -0.05) is 36.6 Å². The lowest BCUT2D eigenvalue weighted by Gasteiger charge is -2.23. The van der Waals surface area contributed by atoms with Crippen molar-refractivity contribution in [3.63, 3.8) is 0 Å². The lowest BCUT2D eigenvalue weighted by Crippen LogP contribution is -2.39. The average molecular weight is 270 g/mol. The van der Waals surface area contributed by atoms with Gasteiger partial charge in [-0.15, -0.1) is 0 Å². The number of rotatable bonds is 5. The van der Waals surface area contributed by atoms with Crippen LogP contribution in [0.5, 0.6) is 0 Å². The summed E-state index contributed by atoms with van der Waals surface area (Å²) in [5.74, 6) is 0. The second-order valence-electron chi connectivity index (χ2n) is 5.13. The van der Waals surface area contributed by atoms with Crippen LogP contribution in [0.25, 0.3) is 0 Å². The first-order valence-corrected chi connectivity index (χ1v) is 6.83. The first-order chi connectivity index (χ1) is 8.59. The zero-order valence-corrected chi connectivity index (χ0v) is 11.2. The Balaban J connectivity index is 1.77. The molecule has 2 rings (SSSR count). The normalized spacial score (nSPS) is 19.9. The van der Waals surface area contributed by atoms with Crippen LogP contribution in [0, 0.1) is 0 Å². The third-order valence-corrected chi connectivity index (χ3v) is 3.83. The van der Waals surface area contributed by atoms with Gasteiger partial charge in [-0.25, -0.2) is 0 Å². The van der Waals surface area contributed by atoms with E-state index >= 15 is 0 Å². The van der Waals surface area contributed by atoms with E-state index in [1.807, 2.05) is 12.1 Å². The van der Waals surface area contributed by atoms with Gasteiger partial charge in [0.25, 0.3) is 0 Å². The zero-order valence-electron chi connectivity index (χ0n) is 10.4. The number of aliphatic hydroxyl groups is 2. The largest absolute Gasteiger partial charge is 0.389 e. The maximum Gasteiger partial charge on any atom is 0.0914 e. The maximum absolute atomic E-state index is 10.1. The fourth-order valence-corrected chi connectivity index (χ4v) is 2.58. The van der Waals surface area contributed by atoms with Gasteiger partial charge in [0.15, 0.2) is 0 Å². The van der Waals surface area contributed by atoms with Crippen molar-refractivity contribution in [1.82, 2.24) is 5.32 Å². The fraction of sp³-hybridized carbons (Fsp3) is 0.571. The van der Waals surface area contributed by atoms with Crippen LogP contribution in [0.15, 0.2) is 24.3 Å². The van der Waals surface area contributed by atoms with E-state index in [1.54, 1.807) is 12.1 Å². The SMILES string of the molecule is OC(CNCC1(O)CCCC1)c1ccc(Cl)cc1. The Kier molecular flexibility index (Phi) is 4.62. The van der Waals surface area contributed by atoms with Crippen LogP contribution in [-0.2, 0) is 0 Å². The monoisotopic (exact) mass is 269 g/mol. The highest BCUT2D eigenvalue weighted by atomic mass is 35.5. The number of benzene rings is 1. The molecular formula is C14H20ClNO2. The topological polar surface area (TPSA) is 52.5 Å². The summed E-state index contributed by atoms with van der Waals surface area (Å²) in [6.45, 7) is 1.00. The van der Waals surface area contributed by atoms with Gasteiger partial charge >= 0.3 is 0 Å². The molecule has 1 fully saturated rings. The molecule has 4 heteroatoms. The minimum Gasteiger partial charge on any atom is -0.389 e. The predicted molar refractivity (Wildman–Crippen MR) is 72.7 cm³/mol. The lowest BCUT2D eigenvalue weighted by atomic mass is 10.0. The summed E-state index contributed by atoms with van der Waals surface area (Å²) in [4.78, 5) is 0. The van der Waals surface area contributed by atoms with Gasteiger partial charge in [-0.05, 0) is 30.5 Å². The van der Waals surface area contributed by atoms with Crippen LogP contribution in [0.3, 0.4) is 0 Å². The highest BCUT2D eigenvalue weighted by Gasteiger charge is 2.30. The molecule has 3 N–H and O–H groups in total. The molecule has 0 spiro atoms. The van der Waals surface area contributed by atoms with E-state index in [1.165, 1.54) is 0 Å². The quantitative estimate of drug-likeness (QED) is 0.769. The summed E-state index contributed by atoms with van der Waals surface area (Å²) in [5, 5.41) is 23.9. The average Bonchev–Trinajstić information content (AvgIpc) is 2.77. The second-order valence-corrected chi connectivity index (χ2v) is 5.57. The molecule has 1 saturated carbocycles. The number of nitrogens with one attached hydrogen (secondary N) is 1. The van der Waals surface area contributed by atoms with Gasteiger partial charge in [0.2, 0.25) is 0 Å². The highest BCUT2D eigenvalue weighted by molar-refractivity contribution is 6.30. The van der Waals surface area contributed by atoms with Gasteiger partial charge in [-0.2, -0.15) is 0 Å². The Labute approximate surface area is 113 Å². The maximum atomic E-state index is 10.1. The summed E-state index contributed by atoms with van der Waals surface area (Å²) in [5.41, 5.74) is 0.269. The van der Waals surface area contributed by atoms with Crippen LogP contribution in [0.1, 0.15) is 37.4 Å². The Morgan fingerprint density at radius 3 is 2.44 bits per heavy atom. The molecule has 3 nitrogen and oxygen atoms in total. The van der Waals surface area contributed by atoms with Gasteiger partial charge in [-0.3, -0.25) is 0 Å². The standard InChI is InChI=1S/C14H20ClNO2/c15-12-5-3-11(4-6-12)13(17)9-16-10-14(18)7-1-2-8-14/h3-6,13,16-18H,1-2,7-10H2. The summed E-state index contributed by atoms with van der Waals surface area (Å²) < 4.78 is 0. The molecule has 1 atom stereocenters. The van der Waals surface area contributed by atoms with Crippen molar-refractivity contribution in [2.45, 2.75) is 37.4 Å². The lowest BCUT2D eigenvalue weighted by molar-refractivity contribution is 0.0439. The predicted octanol–water partition coefficient (Wildman–Crippen LogP) is 2.27. The minimum atomic E-state index is -0.570. The molecule has 1 aliphatic rings. The minimum absolute atomic E-state index is 0.448. The van der Waals surface area contributed by atoms with Gasteiger partial charge in [0.05, 0.1) is 11.7 Å². The van der Waals surface area contributed by atoms with Crippen molar-refractivity contribution in [2.75, 3.05) is 13.1 Å². The zero-order chi connectivity index (χ0) is 13.0. The molecule has 1 aromatic carbocycles. The van der Waals surface area contributed by atoms with Crippen molar-refractivity contribution in [3.05, 3.63) is 34.9 Å². The van der Waals surface area contributed by atoms with Crippen molar-refractivity contribution >= 4 is 11.6 Å². The molecule has 1 aliphatic carbocycles. The van der Waals surface area contributed by atoms with Crippen molar-refractivity contribution in [2.24, 2.45) is 0 Å². The summed E-state index contributed by atoms with van der Waals surface area (Å²) in [7, 11) is 0. The number of hydrogen-bond acceptors (Lipinski definition) is 3. The molecular weight excluding hydrogens is 250 g/mol. The smallest absolute Gasteiger partial charge is 0.0914 e. The first-order valence-electron chi connectivity index (χ1n) is 6.46. The van der Waals surface area contributed by atoms with E-state index < -0.39 is 11.7 Å². The number of hydrogen-bond donors (Lipinski definition) is 3. The first kappa shape index (κ1) is 13.8. The van der Waals surface area contributed by atoms with E-state index in [0.29, 0.717) is 18.1 Å². The van der Waals surface area contributed by atoms with Crippen LogP contribution >= 0.6 is 11.6 Å². The van der Waals surface area contributed by atoms with Gasteiger partial charge in [0, 0.05) is 18.1 Å². The van der Waals surface area contributed by atoms with Gasteiger partial charge in [0.1, 0.15) is 0 Å². The molecule has 100 valence electrons. The Morgan fingerprint density at radius 2 is 1.83 bits per heavy atom. The third kappa shape index (κ3) is 3.69. The molecule has 1 aromatic rings. The number of aliphatic hydroxyl groups excluding tert-OH is 1. The molecule has 18 heavy (non-hydrogen) atoms. The van der Waals surface area contributed by atoms with Crippen LogP contribution < -0.4 is 5.32 Å². The van der Waals surface area contributed by atoms with E-state index in [9.17, 15) is 10.2 Å². The van der Waals surface area contributed by atoms with E-state index in [-0.39, 0.29) is 0 Å². The molecule has 0 aliphatic heterocycles. The molecule has 0 radical (unpaired) electrons. The third-order valence-electron chi connectivity index (χ3n) is 3.58. The highest BCUT2D eigenvalue weighted by Crippen LogP contribution is 2.28. The molecule has 0 amide bonds. The van der Waals surface area contributed by atoms with E-state index in [2.05, 4.69) is 5.32 Å². The fourth-order valence-electron chi connectivity index (χ4n) is 2.45. The van der Waals surface area contributed by atoms with Crippen molar-refractivity contribution < 1.29 is 10.2 Å². The van der Waals surface area contributed by atoms with Crippen LogP contribution in [-0.4, -0.2) is 28.9 Å². The molecule has 0 saturated heterocycles. The Bertz CT molecular complexity index is 374. The summed E-state index contributed by atoms with van der Waals surface area (Å²) in [6.07, 6.45) is 3.34. The Hall–Kier alpha value is -0.610. The van der Waals surface area contributed by atoms with Crippen molar-refractivity contribution in [3.8, 4) is 0 Å². The van der Waals surface area contributed by atoms with Gasteiger partial charge < -0.3 is 15.5 Å². The van der Waals surface area contributed by atoms with Crippen LogP contribution in [0.2, 0.25) is 5.02 Å². The Morgan fingerprint density at radius 1 is 1.22 bits per heavy atom. The summed E-state index contributed by atoms with van der Waals surface area (Å²) in [6, 6.07) is 7.17. The van der Waals surface area contributed by atoms with E-state index in [4.69, 9.17) is 11.6 Å². The van der Waals surface area contributed by atoms with Crippen LogP contribution in [0.4, 0.5) is 0 Å². The van der Waals surface area contributed by atoms with E-state index in [0.717, 1.165) is 31.2 Å². The van der Waals surface area contributed by atoms with Crippen molar-refractivity contribution in [1.29, 1.82) is 0 Å². The number of halogens is 1.